The fourth-order valence-corrected chi connectivity index (χ4v) is 2.45. The Morgan fingerprint density at radius 2 is 1.76 bits per heavy atom. The fourth-order valence-electron chi connectivity index (χ4n) is 1.44. The highest BCUT2D eigenvalue weighted by atomic mass is 35.5. The first kappa shape index (κ1) is 18.2. The highest BCUT2D eigenvalue weighted by Gasteiger charge is 2.22. The Morgan fingerprint density at radius 3 is 2.24 bits per heavy atom. The topological polar surface area (TPSA) is 52.1 Å². The maximum atomic E-state index is 11.8. The predicted octanol–water partition coefficient (Wildman–Crippen LogP) is 4.17. The molecule has 1 aromatic rings. The minimum atomic E-state index is -0.480. The Labute approximate surface area is 136 Å². The van der Waals surface area contributed by atoms with Crippen LogP contribution in [0.3, 0.4) is 0 Å². The number of rotatable bonds is 3. The molecule has 0 aliphatic rings. The molecule has 0 atom stereocenters. The molecule has 1 heterocycles. The second-order valence-corrected chi connectivity index (χ2v) is 8.22. The molecular formula is C15H23ClN2O2S. The Kier molecular flexibility index (Phi) is 5.67. The van der Waals surface area contributed by atoms with Crippen molar-refractivity contribution < 1.29 is 9.53 Å². The summed E-state index contributed by atoms with van der Waals surface area (Å²) in [5, 5.41) is 1.16. The molecule has 0 bridgehead atoms. The van der Waals surface area contributed by atoms with E-state index in [1.165, 1.54) is 11.8 Å². The molecule has 0 unspecified atom stereocenters. The quantitative estimate of drug-likeness (QED) is 0.473. The van der Waals surface area contributed by atoms with Crippen LogP contribution >= 0.6 is 23.4 Å². The lowest BCUT2D eigenvalue weighted by Crippen LogP contribution is -2.25. The summed E-state index contributed by atoms with van der Waals surface area (Å²) in [6.07, 6.45) is 0. The Balaban J connectivity index is 2.89. The monoisotopic (exact) mass is 330 g/mol. The average molecular weight is 331 g/mol. The predicted molar refractivity (Wildman–Crippen MR) is 87.0 cm³/mol. The minimum absolute atomic E-state index is 0.196. The SMILES string of the molecule is Cc1c(Cl)nc(C(C)(C)C)nc1SCC(=O)OC(C)(C)C. The van der Waals surface area contributed by atoms with E-state index in [0.29, 0.717) is 11.0 Å². The van der Waals surface area contributed by atoms with Gasteiger partial charge in [0.1, 0.15) is 21.6 Å². The van der Waals surface area contributed by atoms with E-state index in [0.717, 1.165) is 10.6 Å². The van der Waals surface area contributed by atoms with E-state index in [-0.39, 0.29) is 17.1 Å². The van der Waals surface area contributed by atoms with Gasteiger partial charge in [0.05, 0.1) is 5.75 Å². The van der Waals surface area contributed by atoms with E-state index >= 15 is 0 Å². The summed E-state index contributed by atoms with van der Waals surface area (Å²) in [5.74, 6) is 0.610. The molecule has 0 amide bonds. The number of halogens is 1. The van der Waals surface area contributed by atoms with Gasteiger partial charge in [-0.1, -0.05) is 44.1 Å². The van der Waals surface area contributed by atoms with Gasteiger partial charge in [-0.25, -0.2) is 9.97 Å². The van der Waals surface area contributed by atoms with Crippen molar-refractivity contribution in [3.05, 3.63) is 16.5 Å². The molecule has 6 heteroatoms. The molecule has 0 radical (unpaired) electrons. The summed E-state index contributed by atoms with van der Waals surface area (Å²) >= 11 is 7.50. The van der Waals surface area contributed by atoms with Crippen molar-refractivity contribution in [1.29, 1.82) is 0 Å². The number of ether oxygens (including phenoxy) is 1. The minimum Gasteiger partial charge on any atom is -0.459 e. The molecule has 0 spiro atoms. The van der Waals surface area contributed by atoms with Crippen molar-refractivity contribution in [2.75, 3.05) is 5.75 Å². The van der Waals surface area contributed by atoms with Crippen molar-refractivity contribution >= 4 is 29.3 Å². The van der Waals surface area contributed by atoms with E-state index in [4.69, 9.17) is 16.3 Å². The van der Waals surface area contributed by atoms with Gasteiger partial charge in [-0.05, 0) is 27.7 Å². The second-order valence-electron chi connectivity index (χ2n) is 6.89. The lowest BCUT2D eigenvalue weighted by molar-refractivity contribution is -0.151. The smallest absolute Gasteiger partial charge is 0.316 e. The first-order valence-electron chi connectivity index (χ1n) is 6.79. The lowest BCUT2D eigenvalue weighted by atomic mass is 9.96. The van der Waals surface area contributed by atoms with Gasteiger partial charge in [0.2, 0.25) is 0 Å². The summed E-state index contributed by atoms with van der Waals surface area (Å²) < 4.78 is 5.29. The van der Waals surface area contributed by atoms with Gasteiger partial charge in [0, 0.05) is 11.0 Å². The molecule has 0 saturated heterocycles. The molecule has 0 fully saturated rings. The zero-order valence-electron chi connectivity index (χ0n) is 13.7. The van der Waals surface area contributed by atoms with E-state index in [1.807, 2.05) is 48.5 Å². The van der Waals surface area contributed by atoms with Gasteiger partial charge in [0.25, 0.3) is 0 Å². The van der Waals surface area contributed by atoms with Gasteiger partial charge in [-0.15, -0.1) is 0 Å². The summed E-state index contributed by atoms with van der Waals surface area (Å²) in [6.45, 7) is 13.5. The van der Waals surface area contributed by atoms with Crippen LogP contribution in [0.15, 0.2) is 5.03 Å². The molecular weight excluding hydrogens is 308 g/mol. The molecule has 21 heavy (non-hydrogen) atoms. The van der Waals surface area contributed by atoms with E-state index in [9.17, 15) is 4.79 Å². The third-order valence-corrected chi connectivity index (χ3v) is 3.88. The standard InChI is InChI=1S/C15H23ClN2O2S/c1-9-11(16)17-13(14(2,3)4)18-12(9)21-8-10(19)20-15(5,6)7/h8H2,1-7H3. The van der Waals surface area contributed by atoms with E-state index < -0.39 is 5.60 Å². The highest BCUT2D eigenvalue weighted by Crippen LogP contribution is 2.29. The average Bonchev–Trinajstić information content (AvgIpc) is 2.27. The summed E-state index contributed by atoms with van der Waals surface area (Å²) in [5.41, 5.74) is 0.115. The van der Waals surface area contributed by atoms with Gasteiger partial charge < -0.3 is 4.74 Å². The lowest BCUT2D eigenvalue weighted by Gasteiger charge is -2.20. The van der Waals surface area contributed by atoms with Gasteiger partial charge in [-0.3, -0.25) is 4.79 Å². The van der Waals surface area contributed by atoms with Crippen LogP contribution in [0, 0.1) is 6.92 Å². The van der Waals surface area contributed by atoms with Crippen molar-refractivity contribution in [2.45, 2.75) is 64.5 Å². The molecule has 0 N–H and O–H groups in total. The zero-order chi connectivity index (χ0) is 16.4. The normalized spacial score (nSPS) is 12.4. The Hall–Kier alpha value is -0.810. The number of esters is 1. The number of carbonyl (C=O) groups excluding carboxylic acids is 1. The van der Waals surface area contributed by atoms with Crippen molar-refractivity contribution in [2.24, 2.45) is 0 Å². The number of aromatic nitrogens is 2. The molecule has 0 saturated carbocycles. The molecule has 1 aromatic heterocycles. The van der Waals surface area contributed by atoms with Crippen molar-refractivity contribution in [1.82, 2.24) is 9.97 Å². The van der Waals surface area contributed by atoms with E-state index in [1.54, 1.807) is 0 Å². The first-order chi connectivity index (χ1) is 9.40. The van der Waals surface area contributed by atoms with Crippen LogP contribution in [0.25, 0.3) is 0 Å². The molecule has 0 aliphatic heterocycles. The van der Waals surface area contributed by atoms with Crippen LogP contribution < -0.4 is 0 Å². The Morgan fingerprint density at radius 1 is 1.19 bits per heavy atom. The van der Waals surface area contributed by atoms with Crippen LogP contribution in [-0.4, -0.2) is 27.3 Å². The number of nitrogens with zero attached hydrogens (tertiary/aromatic N) is 2. The highest BCUT2D eigenvalue weighted by molar-refractivity contribution is 7.99. The van der Waals surface area contributed by atoms with Gasteiger partial charge in [0.15, 0.2) is 0 Å². The third kappa shape index (κ3) is 5.83. The largest absolute Gasteiger partial charge is 0.459 e. The summed E-state index contributed by atoms with van der Waals surface area (Å²) in [7, 11) is 0. The maximum absolute atomic E-state index is 11.8. The van der Waals surface area contributed by atoms with Crippen LogP contribution in [0.1, 0.15) is 52.9 Å². The molecule has 4 nitrogen and oxygen atoms in total. The van der Waals surface area contributed by atoms with Crippen molar-refractivity contribution in [3.63, 3.8) is 0 Å². The molecule has 0 aromatic carbocycles. The van der Waals surface area contributed by atoms with Crippen LogP contribution in [0.5, 0.6) is 0 Å². The van der Waals surface area contributed by atoms with Crippen LogP contribution in [-0.2, 0) is 14.9 Å². The van der Waals surface area contributed by atoms with Crippen LogP contribution in [0.2, 0.25) is 5.15 Å². The molecule has 1 rings (SSSR count). The summed E-state index contributed by atoms with van der Waals surface area (Å²) in [4.78, 5) is 20.6. The van der Waals surface area contributed by atoms with Gasteiger partial charge in [-0.2, -0.15) is 0 Å². The third-order valence-electron chi connectivity index (χ3n) is 2.46. The first-order valence-corrected chi connectivity index (χ1v) is 8.16. The zero-order valence-corrected chi connectivity index (χ0v) is 15.3. The maximum Gasteiger partial charge on any atom is 0.316 e. The fraction of sp³-hybridized carbons (Fsp3) is 0.667. The van der Waals surface area contributed by atoms with E-state index in [2.05, 4.69) is 9.97 Å². The number of hydrogen-bond acceptors (Lipinski definition) is 5. The molecule has 0 aliphatic carbocycles. The number of thioether (sulfide) groups is 1. The van der Waals surface area contributed by atoms with Crippen molar-refractivity contribution in [3.8, 4) is 0 Å². The van der Waals surface area contributed by atoms with Gasteiger partial charge >= 0.3 is 5.97 Å². The van der Waals surface area contributed by atoms with Crippen LogP contribution in [0.4, 0.5) is 0 Å². The number of hydrogen-bond donors (Lipinski definition) is 0. The Bertz CT molecular complexity index is 534. The molecule has 118 valence electrons. The number of carbonyl (C=O) groups is 1. The second kappa shape index (κ2) is 6.53. The summed E-state index contributed by atoms with van der Waals surface area (Å²) in [6, 6.07) is 0.